The molecular weight excluding hydrogens is 312 g/mol. The van der Waals surface area contributed by atoms with Gasteiger partial charge in [0.2, 0.25) is 0 Å². The van der Waals surface area contributed by atoms with Gasteiger partial charge in [0.1, 0.15) is 8.85 Å². The molecule has 2 heterocycles. The molecule has 1 aliphatic carbocycles. The lowest BCUT2D eigenvalue weighted by Crippen LogP contribution is -1.93. The lowest BCUT2D eigenvalue weighted by atomic mass is 10.3. The molecule has 72 valence electrons. The van der Waals surface area contributed by atoms with Crippen molar-refractivity contribution in [3.05, 3.63) is 26.7 Å². The van der Waals surface area contributed by atoms with Gasteiger partial charge >= 0.3 is 0 Å². The molecule has 0 spiro atoms. The van der Waals surface area contributed by atoms with E-state index >= 15 is 0 Å². The molecule has 1 fully saturated rings. The summed E-state index contributed by atoms with van der Waals surface area (Å²) in [6, 6.07) is 3.85. The molecule has 5 heteroatoms. The number of halogens is 2. The van der Waals surface area contributed by atoms with Crippen LogP contribution in [0.15, 0.2) is 12.1 Å². The van der Waals surface area contributed by atoms with Crippen LogP contribution in [-0.4, -0.2) is 14.6 Å². The Kier molecular flexibility index (Phi) is 1.95. The summed E-state index contributed by atoms with van der Waals surface area (Å²) < 4.78 is 2.61. The third-order valence-electron chi connectivity index (χ3n) is 2.37. The number of fused-ring (bicyclic) bond motifs is 1. The summed E-state index contributed by atoms with van der Waals surface area (Å²) in [4.78, 5) is 4.37. The second kappa shape index (κ2) is 3.06. The molecule has 3 rings (SSSR count). The van der Waals surface area contributed by atoms with Gasteiger partial charge in [0.15, 0.2) is 5.65 Å². The van der Waals surface area contributed by atoms with Crippen LogP contribution in [0.4, 0.5) is 0 Å². The molecule has 0 amide bonds. The minimum absolute atomic E-state index is 0.631. The van der Waals surface area contributed by atoms with Crippen molar-refractivity contribution >= 4 is 39.8 Å². The van der Waals surface area contributed by atoms with Gasteiger partial charge < -0.3 is 0 Å². The van der Waals surface area contributed by atoms with Crippen LogP contribution in [0.5, 0.6) is 0 Å². The number of hydrogen-bond donors (Lipinski definition) is 0. The van der Waals surface area contributed by atoms with E-state index in [9.17, 15) is 0 Å². The molecule has 0 aromatic carbocycles. The molecule has 1 aliphatic rings. The molecule has 0 unspecified atom stereocenters. The Balaban J connectivity index is 2.26. The van der Waals surface area contributed by atoms with E-state index in [1.165, 1.54) is 12.8 Å². The Morgan fingerprint density at radius 3 is 2.93 bits per heavy atom. The van der Waals surface area contributed by atoms with E-state index in [2.05, 4.69) is 32.7 Å². The number of rotatable bonds is 1. The van der Waals surface area contributed by atoms with Crippen LogP contribution in [0.3, 0.4) is 0 Å². The van der Waals surface area contributed by atoms with Crippen molar-refractivity contribution in [3.63, 3.8) is 0 Å². The second-order valence-corrected chi connectivity index (χ2v) is 5.01. The van der Waals surface area contributed by atoms with Crippen molar-refractivity contribution in [3.8, 4) is 0 Å². The average Bonchev–Trinajstić information content (AvgIpc) is 2.87. The topological polar surface area (TPSA) is 30.2 Å². The van der Waals surface area contributed by atoms with Gasteiger partial charge in [-0.2, -0.15) is 5.10 Å². The first-order valence-electron chi connectivity index (χ1n) is 4.46. The molecule has 0 atom stereocenters. The Labute approximate surface area is 99.6 Å². The zero-order chi connectivity index (χ0) is 9.71. The van der Waals surface area contributed by atoms with Gasteiger partial charge in [-0.1, -0.05) is 11.6 Å². The molecule has 3 nitrogen and oxygen atoms in total. The molecule has 0 radical (unpaired) electrons. The SMILES string of the molecule is Clc1cc(I)nc2cc(C3CC3)nn12. The fourth-order valence-electron chi connectivity index (χ4n) is 1.51. The van der Waals surface area contributed by atoms with E-state index in [0.717, 1.165) is 15.0 Å². The summed E-state index contributed by atoms with van der Waals surface area (Å²) in [6.45, 7) is 0. The van der Waals surface area contributed by atoms with E-state index in [0.29, 0.717) is 11.1 Å². The highest BCUT2D eigenvalue weighted by molar-refractivity contribution is 14.1. The van der Waals surface area contributed by atoms with Crippen LogP contribution in [0.2, 0.25) is 5.15 Å². The summed E-state index contributed by atoms with van der Waals surface area (Å²) >= 11 is 8.22. The summed E-state index contributed by atoms with van der Waals surface area (Å²) in [5.41, 5.74) is 1.98. The molecule has 14 heavy (non-hydrogen) atoms. The highest BCUT2D eigenvalue weighted by atomic mass is 127. The highest BCUT2D eigenvalue weighted by Gasteiger charge is 2.26. The van der Waals surface area contributed by atoms with Crippen LogP contribution in [0, 0.1) is 3.70 Å². The fourth-order valence-corrected chi connectivity index (χ4v) is 2.46. The van der Waals surface area contributed by atoms with Crippen molar-refractivity contribution in [2.45, 2.75) is 18.8 Å². The Hall–Kier alpha value is -0.360. The number of nitrogens with zero attached hydrogens (tertiary/aromatic N) is 3. The molecular formula is C9H7ClIN3. The van der Waals surface area contributed by atoms with E-state index in [-0.39, 0.29) is 0 Å². The van der Waals surface area contributed by atoms with E-state index in [4.69, 9.17) is 11.6 Å². The van der Waals surface area contributed by atoms with E-state index < -0.39 is 0 Å². The number of aromatic nitrogens is 3. The van der Waals surface area contributed by atoms with Crippen molar-refractivity contribution in [1.29, 1.82) is 0 Å². The Morgan fingerprint density at radius 2 is 2.21 bits per heavy atom. The first-order valence-corrected chi connectivity index (χ1v) is 5.91. The Bertz CT molecular complexity index is 504. The van der Waals surface area contributed by atoms with Crippen LogP contribution in [-0.2, 0) is 0 Å². The van der Waals surface area contributed by atoms with Crippen LogP contribution in [0.25, 0.3) is 5.65 Å². The van der Waals surface area contributed by atoms with Gasteiger partial charge in [-0.3, -0.25) is 0 Å². The highest BCUT2D eigenvalue weighted by Crippen LogP contribution is 2.39. The molecule has 0 N–H and O–H groups in total. The standard InChI is InChI=1S/C9H7ClIN3/c10-7-4-8(11)12-9-3-6(5-1-2-5)13-14(7)9/h3-5H,1-2H2. The van der Waals surface area contributed by atoms with E-state index in [1.807, 2.05) is 12.1 Å². The Morgan fingerprint density at radius 1 is 1.43 bits per heavy atom. The molecule has 2 aromatic heterocycles. The van der Waals surface area contributed by atoms with Gasteiger partial charge in [-0.05, 0) is 35.4 Å². The van der Waals surface area contributed by atoms with Crippen molar-refractivity contribution in [1.82, 2.24) is 14.6 Å². The predicted octanol–water partition coefficient (Wildman–Crippen LogP) is 2.86. The normalized spacial score (nSPS) is 16.4. The van der Waals surface area contributed by atoms with Gasteiger partial charge in [-0.25, -0.2) is 9.50 Å². The first kappa shape index (κ1) is 8.91. The van der Waals surface area contributed by atoms with E-state index in [1.54, 1.807) is 4.52 Å². The largest absolute Gasteiger partial charge is 0.222 e. The molecule has 2 aromatic rings. The lowest BCUT2D eigenvalue weighted by molar-refractivity contribution is 0.879. The predicted molar refractivity (Wildman–Crippen MR) is 62.7 cm³/mol. The molecule has 0 aliphatic heterocycles. The van der Waals surface area contributed by atoms with Gasteiger partial charge in [0.25, 0.3) is 0 Å². The third-order valence-corrected chi connectivity index (χ3v) is 3.19. The second-order valence-electron chi connectivity index (χ2n) is 3.52. The number of hydrogen-bond acceptors (Lipinski definition) is 2. The maximum absolute atomic E-state index is 6.06. The minimum atomic E-state index is 0.631. The summed E-state index contributed by atoms with van der Waals surface area (Å²) in [5, 5.41) is 5.07. The lowest BCUT2D eigenvalue weighted by Gasteiger charge is -1.95. The quantitative estimate of drug-likeness (QED) is 0.598. The zero-order valence-electron chi connectivity index (χ0n) is 7.24. The minimum Gasteiger partial charge on any atom is -0.222 e. The van der Waals surface area contributed by atoms with Crippen LogP contribution < -0.4 is 0 Å². The zero-order valence-corrected chi connectivity index (χ0v) is 10.2. The van der Waals surface area contributed by atoms with Crippen LogP contribution in [0.1, 0.15) is 24.5 Å². The average molecular weight is 320 g/mol. The summed E-state index contributed by atoms with van der Waals surface area (Å²) in [5.74, 6) is 0.644. The summed E-state index contributed by atoms with van der Waals surface area (Å²) in [7, 11) is 0. The maximum atomic E-state index is 6.06. The molecule has 1 saturated carbocycles. The van der Waals surface area contributed by atoms with Crippen molar-refractivity contribution in [2.75, 3.05) is 0 Å². The van der Waals surface area contributed by atoms with Gasteiger partial charge in [0.05, 0.1) is 5.69 Å². The third kappa shape index (κ3) is 1.40. The van der Waals surface area contributed by atoms with Gasteiger partial charge in [-0.15, -0.1) is 0 Å². The smallest absolute Gasteiger partial charge is 0.158 e. The molecule has 0 saturated heterocycles. The van der Waals surface area contributed by atoms with Crippen LogP contribution >= 0.6 is 34.2 Å². The maximum Gasteiger partial charge on any atom is 0.158 e. The monoisotopic (exact) mass is 319 g/mol. The first-order chi connectivity index (χ1) is 6.74. The molecule has 0 bridgehead atoms. The summed E-state index contributed by atoms with van der Waals surface area (Å²) in [6.07, 6.45) is 2.50. The van der Waals surface area contributed by atoms with Crippen molar-refractivity contribution < 1.29 is 0 Å². The van der Waals surface area contributed by atoms with Crippen molar-refractivity contribution in [2.24, 2.45) is 0 Å². The fraction of sp³-hybridized carbons (Fsp3) is 0.333. The van der Waals surface area contributed by atoms with Gasteiger partial charge in [0, 0.05) is 18.1 Å².